The Hall–Kier alpha value is -3.00. The van der Waals surface area contributed by atoms with Gasteiger partial charge < -0.3 is 20.7 Å². The number of nitrogen functional groups attached to an aromatic ring is 1. The van der Waals surface area contributed by atoms with Gasteiger partial charge in [-0.05, 0) is 12.8 Å². The van der Waals surface area contributed by atoms with Crippen LogP contribution in [0.3, 0.4) is 0 Å². The molecule has 1 aromatic heterocycles. The fourth-order valence-electron chi connectivity index (χ4n) is 3.56. The van der Waals surface area contributed by atoms with Crippen LogP contribution in [0.1, 0.15) is 23.2 Å². The molecule has 0 unspecified atom stereocenters. The van der Waals surface area contributed by atoms with Gasteiger partial charge in [0.2, 0.25) is 11.9 Å². The quantitative estimate of drug-likeness (QED) is 0.814. The number of morpholine rings is 1. The molecule has 2 aromatic rings. The summed E-state index contributed by atoms with van der Waals surface area (Å²) in [7, 11) is 0. The summed E-state index contributed by atoms with van der Waals surface area (Å²) in [6.07, 6.45) is 2.85. The van der Waals surface area contributed by atoms with E-state index in [4.69, 9.17) is 10.5 Å². The second-order valence-corrected chi connectivity index (χ2v) is 6.90. The molecule has 2 aliphatic rings. The number of hydrogen-bond donors (Lipinski definition) is 2. The summed E-state index contributed by atoms with van der Waals surface area (Å²) in [5.41, 5.74) is 7.17. The number of carbonyl (C=O) groups excluding carboxylic acids is 2. The lowest BCUT2D eigenvalue weighted by Crippen LogP contribution is -2.58. The number of carbonyl (C=O) groups is 2. The smallest absolute Gasteiger partial charge is 0.257 e. The number of piperidine rings is 1. The molecule has 0 saturated carbocycles. The van der Waals surface area contributed by atoms with Crippen molar-refractivity contribution in [1.29, 1.82) is 0 Å². The molecule has 2 fully saturated rings. The van der Waals surface area contributed by atoms with Crippen molar-refractivity contribution in [3.8, 4) is 11.3 Å². The van der Waals surface area contributed by atoms with Gasteiger partial charge in [-0.1, -0.05) is 30.3 Å². The van der Waals surface area contributed by atoms with Crippen molar-refractivity contribution in [3.05, 3.63) is 42.1 Å². The highest BCUT2D eigenvalue weighted by molar-refractivity contribution is 5.99. The Labute approximate surface area is 156 Å². The second kappa shape index (κ2) is 6.96. The van der Waals surface area contributed by atoms with Crippen LogP contribution in [0.15, 0.2) is 36.5 Å². The van der Waals surface area contributed by atoms with Crippen LogP contribution in [0.4, 0.5) is 5.95 Å². The van der Waals surface area contributed by atoms with E-state index in [1.807, 2.05) is 30.3 Å². The van der Waals surface area contributed by atoms with Crippen molar-refractivity contribution < 1.29 is 14.3 Å². The predicted molar refractivity (Wildman–Crippen MR) is 98.7 cm³/mol. The van der Waals surface area contributed by atoms with Crippen LogP contribution in [-0.2, 0) is 9.53 Å². The number of ether oxygens (including phenoxy) is 1. The van der Waals surface area contributed by atoms with Crippen molar-refractivity contribution in [2.75, 3.05) is 32.0 Å². The van der Waals surface area contributed by atoms with Crippen molar-refractivity contribution in [3.63, 3.8) is 0 Å². The minimum atomic E-state index is -0.370. The second-order valence-electron chi connectivity index (χ2n) is 6.90. The van der Waals surface area contributed by atoms with Crippen molar-refractivity contribution in [1.82, 2.24) is 20.2 Å². The summed E-state index contributed by atoms with van der Waals surface area (Å²) in [5.74, 6) is -0.0800. The minimum Gasteiger partial charge on any atom is -0.368 e. The third-order valence-corrected chi connectivity index (χ3v) is 5.16. The van der Waals surface area contributed by atoms with Gasteiger partial charge in [0.25, 0.3) is 5.91 Å². The maximum atomic E-state index is 13.1. The van der Waals surface area contributed by atoms with Crippen molar-refractivity contribution >= 4 is 17.8 Å². The average molecular weight is 367 g/mol. The maximum Gasteiger partial charge on any atom is 0.257 e. The number of amides is 2. The Morgan fingerprint density at radius 2 is 1.96 bits per heavy atom. The van der Waals surface area contributed by atoms with E-state index >= 15 is 0 Å². The van der Waals surface area contributed by atoms with Gasteiger partial charge in [-0.15, -0.1) is 0 Å². The van der Waals surface area contributed by atoms with Gasteiger partial charge in [-0.3, -0.25) is 9.59 Å². The Balaban J connectivity index is 1.53. The van der Waals surface area contributed by atoms with E-state index in [9.17, 15) is 9.59 Å². The number of hydrogen-bond acceptors (Lipinski definition) is 6. The summed E-state index contributed by atoms with van der Waals surface area (Å²) >= 11 is 0. The molecule has 0 atom stereocenters. The first kappa shape index (κ1) is 17.4. The largest absolute Gasteiger partial charge is 0.368 e. The molecule has 0 bridgehead atoms. The third kappa shape index (κ3) is 3.48. The Morgan fingerprint density at radius 1 is 1.22 bits per heavy atom. The van der Waals surface area contributed by atoms with Gasteiger partial charge in [-0.25, -0.2) is 9.97 Å². The number of nitrogens with one attached hydrogen (secondary N) is 1. The SMILES string of the molecule is Nc1ncc(C(=O)N2CCC3(CC2)CNC(=O)CO3)c(-c2ccccc2)n1. The topological polar surface area (TPSA) is 110 Å². The Morgan fingerprint density at radius 3 is 2.63 bits per heavy atom. The lowest BCUT2D eigenvalue weighted by Gasteiger charge is -2.43. The van der Waals surface area contributed by atoms with E-state index in [0.29, 0.717) is 43.7 Å². The molecule has 8 heteroatoms. The molecule has 1 spiro atoms. The lowest BCUT2D eigenvalue weighted by molar-refractivity contribution is -0.149. The number of rotatable bonds is 2. The fraction of sp³-hybridized carbons (Fsp3) is 0.368. The summed E-state index contributed by atoms with van der Waals surface area (Å²) in [6.45, 7) is 1.67. The summed E-state index contributed by atoms with van der Waals surface area (Å²) in [5, 5.41) is 2.85. The molecule has 140 valence electrons. The first-order chi connectivity index (χ1) is 13.1. The maximum absolute atomic E-state index is 13.1. The summed E-state index contributed by atoms with van der Waals surface area (Å²) in [4.78, 5) is 34.5. The molecule has 1 aromatic carbocycles. The molecule has 0 aliphatic carbocycles. The number of aromatic nitrogens is 2. The Bertz CT molecular complexity index is 851. The van der Waals surface area contributed by atoms with Gasteiger partial charge in [0.15, 0.2) is 0 Å². The van der Waals surface area contributed by atoms with Gasteiger partial charge in [-0.2, -0.15) is 0 Å². The van der Waals surface area contributed by atoms with E-state index in [1.54, 1.807) is 4.90 Å². The summed E-state index contributed by atoms with van der Waals surface area (Å²) in [6, 6.07) is 9.47. The zero-order chi connectivity index (χ0) is 18.9. The molecule has 3 N–H and O–H groups in total. The van der Waals surface area contributed by atoms with Gasteiger partial charge in [0, 0.05) is 31.4 Å². The van der Waals surface area contributed by atoms with Gasteiger partial charge in [0.05, 0.1) is 16.9 Å². The number of likely N-dealkylation sites (tertiary alicyclic amines) is 1. The first-order valence-electron chi connectivity index (χ1n) is 8.94. The molecule has 2 saturated heterocycles. The van der Waals surface area contributed by atoms with Crippen LogP contribution in [0, 0.1) is 0 Å². The average Bonchev–Trinajstić information content (AvgIpc) is 2.71. The molecular formula is C19H21N5O3. The molecule has 2 aliphatic heterocycles. The number of nitrogens with zero attached hydrogens (tertiary/aromatic N) is 3. The normalized spacial score (nSPS) is 19.0. The van der Waals surface area contributed by atoms with Crippen LogP contribution in [0.25, 0.3) is 11.3 Å². The summed E-state index contributed by atoms with van der Waals surface area (Å²) < 4.78 is 5.77. The van der Waals surface area contributed by atoms with Gasteiger partial charge in [0.1, 0.15) is 6.61 Å². The molecule has 8 nitrogen and oxygen atoms in total. The Kier molecular flexibility index (Phi) is 4.49. The molecule has 27 heavy (non-hydrogen) atoms. The molecule has 2 amide bonds. The highest BCUT2D eigenvalue weighted by Crippen LogP contribution is 2.30. The van der Waals surface area contributed by atoms with E-state index < -0.39 is 0 Å². The minimum absolute atomic E-state index is 0.0813. The standard InChI is InChI=1S/C19H21N5O3/c20-18-21-10-14(16(23-18)13-4-2-1-3-5-13)17(26)24-8-6-19(7-9-24)12-22-15(25)11-27-19/h1-5,10H,6-9,11-12H2,(H,22,25)(H2,20,21,23). The lowest BCUT2D eigenvalue weighted by atomic mass is 9.89. The molecule has 4 rings (SSSR count). The number of anilines is 1. The molecule has 0 radical (unpaired) electrons. The van der Waals surface area contributed by atoms with Crippen LogP contribution < -0.4 is 11.1 Å². The predicted octanol–water partition coefficient (Wildman–Crippen LogP) is 0.847. The van der Waals surface area contributed by atoms with E-state index in [1.165, 1.54) is 6.20 Å². The van der Waals surface area contributed by atoms with Crippen LogP contribution in [-0.4, -0.2) is 58.5 Å². The van der Waals surface area contributed by atoms with Crippen molar-refractivity contribution in [2.45, 2.75) is 18.4 Å². The van der Waals surface area contributed by atoms with Crippen molar-refractivity contribution in [2.24, 2.45) is 0 Å². The van der Waals surface area contributed by atoms with E-state index in [0.717, 1.165) is 5.56 Å². The number of benzene rings is 1. The zero-order valence-corrected chi connectivity index (χ0v) is 14.9. The van der Waals surface area contributed by atoms with E-state index in [2.05, 4.69) is 15.3 Å². The molecule has 3 heterocycles. The van der Waals surface area contributed by atoms with E-state index in [-0.39, 0.29) is 30.0 Å². The number of nitrogens with two attached hydrogens (primary N) is 1. The highest BCUT2D eigenvalue weighted by atomic mass is 16.5. The third-order valence-electron chi connectivity index (χ3n) is 5.16. The highest BCUT2D eigenvalue weighted by Gasteiger charge is 2.40. The van der Waals surface area contributed by atoms with Gasteiger partial charge >= 0.3 is 0 Å². The molecular weight excluding hydrogens is 346 g/mol. The van der Waals surface area contributed by atoms with Crippen LogP contribution in [0.5, 0.6) is 0 Å². The van der Waals surface area contributed by atoms with Crippen LogP contribution >= 0.6 is 0 Å². The van der Waals surface area contributed by atoms with Crippen LogP contribution in [0.2, 0.25) is 0 Å². The zero-order valence-electron chi connectivity index (χ0n) is 14.9. The fourth-order valence-corrected chi connectivity index (χ4v) is 3.56. The first-order valence-corrected chi connectivity index (χ1v) is 8.94. The monoisotopic (exact) mass is 367 g/mol.